The van der Waals surface area contributed by atoms with Gasteiger partial charge in [0.15, 0.2) is 0 Å². The number of rotatable bonds is 3. The highest BCUT2D eigenvalue weighted by Crippen LogP contribution is 2.26. The van der Waals surface area contributed by atoms with Gasteiger partial charge in [0, 0.05) is 11.6 Å². The van der Waals surface area contributed by atoms with Crippen LogP contribution in [0.15, 0.2) is 48.5 Å². The van der Waals surface area contributed by atoms with Crippen molar-refractivity contribution in [3.63, 3.8) is 0 Å². The molecule has 4 nitrogen and oxygen atoms in total. The van der Waals surface area contributed by atoms with E-state index < -0.39 is 11.6 Å². The van der Waals surface area contributed by atoms with Gasteiger partial charge in [-0.3, -0.25) is 0 Å². The van der Waals surface area contributed by atoms with E-state index in [4.69, 9.17) is 0 Å². The second kappa shape index (κ2) is 5.41. The average Bonchev–Trinajstić information content (AvgIpc) is 2.91. The second-order valence-electron chi connectivity index (χ2n) is 4.45. The van der Waals surface area contributed by atoms with Crippen LogP contribution >= 0.6 is 0 Å². The Balaban J connectivity index is 2.23. The van der Waals surface area contributed by atoms with Gasteiger partial charge >= 0.3 is 0 Å². The van der Waals surface area contributed by atoms with Gasteiger partial charge < -0.3 is 5.11 Å². The van der Waals surface area contributed by atoms with E-state index >= 15 is 0 Å². The minimum absolute atomic E-state index is 0.254. The Morgan fingerprint density at radius 2 is 1.67 bits per heavy atom. The molecule has 3 aromatic rings. The molecule has 0 saturated heterocycles. The third-order valence-electron chi connectivity index (χ3n) is 3.03. The van der Waals surface area contributed by atoms with Crippen LogP contribution in [0.1, 0.15) is 5.69 Å². The van der Waals surface area contributed by atoms with Crippen LogP contribution in [0.25, 0.3) is 16.9 Å². The van der Waals surface area contributed by atoms with Crippen molar-refractivity contribution >= 4 is 0 Å². The van der Waals surface area contributed by atoms with Crippen LogP contribution in [-0.4, -0.2) is 20.1 Å². The van der Waals surface area contributed by atoms with Crippen LogP contribution in [0, 0.1) is 11.6 Å². The lowest BCUT2D eigenvalue weighted by Gasteiger charge is -2.08. The van der Waals surface area contributed by atoms with E-state index in [1.165, 1.54) is 16.8 Å². The van der Waals surface area contributed by atoms with E-state index in [9.17, 15) is 13.9 Å². The fourth-order valence-corrected chi connectivity index (χ4v) is 2.15. The lowest BCUT2D eigenvalue weighted by atomic mass is 10.1. The molecular weight excluding hydrogens is 276 g/mol. The Hall–Kier alpha value is -2.60. The average molecular weight is 287 g/mol. The minimum Gasteiger partial charge on any atom is -0.390 e. The molecule has 0 fully saturated rings. The first-order valence-electron chi connectivity index (χ1n) is 6.26. The molecule has 1 heterocycles. The summed E-state index contributed by atoms with van der Waals surface area (Å²) in [4.78, 5) is 0. The summed E-state index contributed by atoms with van der Waals surface area (Å²) < 4.78 is 28.3. The lowest BCUT2D eigenvalue weighted by molar-refractivity contribution is 0.277. The summed E-state index contributed by atoms with van der Waals surface area (Å²) in [5, 5.41) is 17.2. The normalized spacial score (nSPS) is 10.8. The highest BCUT2D eigenvalue weighted by Gasteiger charge is 2.17. The number of para-hydroxylation sites is 1. The zero-order chi connectivity index (χ0) is 14.8. The third-order valence-corrected chi connectivity index (χ3v) is 3.03. The molecule has 106 valence electrons. The Morgan fingerprint density at radius 3 is 2.29 bits per heavy atom. The zero-order valence-electron chi connectivity index (χ0n) is 10.9. The molecule has 0 spiro atoms. The van der Waals surface area contributed by atoms with E-state index in [1.54, 1.807) is 12.1 Å². The molecule has 3 rings (SSSR count). The summed E-state index contributed by atoms with van der Waals surface area (Å²) in [6.45, 7) is -0.375. The van der Waals surface area contributed by atoms with Gasteiger partial charge in [0.1, 0.15) is 23.0 Å². The number of halogens is 2. The van der Waals surface area contributed by atoms with Gasteiger partial charge in [0.05, 0.1) is 12.3 Å². The number of aliphatic hydroxyl groups is 1. The van der Waals surface area contributed by atoms with Crippen LogP contribution in [0.4, 0.5) is 8.78 Å². The van der Waals surface area contributed by atoms with Crippen LogP contribution in [-0.2, 0) is 6.61 Å². The first kappa shape index (κ1) is 13.4. The number of nitrogens with zero attached hydrogens (tertiary/aromatic N) is 3. The monoisotopic (exact) mass is 287 g/mol. The molecule has 0 saturated carbocycles. The van der Waals surface area contributed by atoms with E-state index in [0.717, 1.165) is 6.07 Å². The van der Waals surface area contributed by atoms with Crippen molar-refractivity contribution in [3.05, 3.63) is 65.9 Å². The molecule has 0 aliphatic heterocycles. The quantitative estimate of drug-likeness (QED) is 0.805. The summed E-state index contributed by atoms with van der Waals surface area (Å²) in [5.41, 5.74) is 1.57. The molecule has 0 bridgehead atoms. The predicted octanol–water partition coefficient (Wildman–Crippen LogP) is 2.70. The van der Waals surface area contributed by atoms with Crippen LogP contribution in [0.5, 0.6) is 0 Å². The van der Waals surface area contributed by atoms with Crippen molar-refractivity contribution in [1.29, 1.82) is 0 Å². The lowest BCUT2D eigenvalue weighted by Crippen LogP contribution is -2.00. The fourth-order valence-electron chi connectivity index (χ4n) is 2.15. The van der Waals surface area contributed by atoms with Crippen LogP contribution in [0.2, 0.25) is 0 Å². The number of hydrogen-bond acceptors (Lipinski definition) is 3. The molecule has 0 aliphatic rings. The highest BCUT2D eigenvalue weighted by molar-refractivity contribution is 5.64. The van der Waals surface area contributed by atoms with Crippen LogP contribution in [0.3, 0.4) is 0 Å². The fraction of sp³-hybridized carbons (Fsp3) is 0.0667. The van der Waals surface area contributed by atoms with Crippen molar-refractivity contribution in [2.45, 2.75) is 6.61 Å². The first-order chi connectivity index (χ1) is 10.2. The molecule has 1 aromatic heterocycles. The topological polar surface area (TPSA) is 50.9 Å². The molecule has 2 aromatic carbocycles. The largest absolute Gasteiger partial charge is 0.390 e. The SMILES string of the molecule is OCc1nnn(-c2ccccc2)c1-c1cc(F)cc(F)c1. The zero-order valence-corrected chi connectivity index (χ0v) is 10.9. The Morgan fingerprint density at radius 1 is 1.00 bits per heavy atom. The van der Waals surface area contributed by atoms with Crippen molar-refractivity contribution < 1.29 is 13.9 Å². The number of aliphatic hydroxyl groups excluding tert-OH is 1. The van der Waals surface area contributed by atoms with Gasteiger partial charge in [-0.25, -0.2) is 13.5 Å². The molecule has 0 unspecified atom stereocenters. The molecule has 6 heteroatoms. The van der Waals surface area contributed by atoms with Gasteiger partial charge in [-0.1, -0.05) is 23.4 Å². The highest BCUT2D eigenvalue weighted by atomic mass is 19.1. The van der Waals surface area contributed by atoms with E-state index in [1.807, 2.05) is 18.2 Å². The van der Waals surface area contributed by atoms with E-state index in [2.05, 4.69) is 10.3 Å². The molecule has 0 atom stereocenters. The van der Waals surface area contributed by atoms with Gasteiger partial charge in [0.25, 0.3) is 0 Å². The smallest absolute Gasteiger partial charge is 0.126 e. The molecule has 0 radical (unpaired) electrons. The number of aromatic nitrogens is 3. The maximum atomic E-state index is 13.4. The predicted molar refractivity (Wildman–Crippen MR) is 72.6 cm³/mol. The first-order valence-corrected chi connectivity index (χ1v) is 6.26. The van der Waals surface area contributed by atoms with Crippen molar-refractivity contribution in [1.82, 2.24) is 15.0 Å². The van der Waals surface area contributed by atoms with Gasteiger partial charge in [-0.2, -0.15) is 0 Å². The Labute approximate surface area is 119 Å². The number of hydrogen-bond donors (Lipinski definition) is 1. The molecule has 0 aliphatic carbocycles. The van der Waals surface area contributed by atoms with Crippen molar-refractivity contribution in [3.8, 4) is 16.9 Å². The summed E-state index contributed by atoms with van der Waals surface area (Å²) in [6.07, 6.45) is 0. The van der Waals surface area contributed by atoms with Crippen molar-refractivity contribution in [2.24, 2.45) is 0 Å². The molecule has 0 amide bonds. The summed E-state index contributed by atoms with van der Waals surface area (Å²) in [6, 6.07) is 12.2. The summed E-state index contributed by atoms with van der Waals surface area (Å²) >= 11 is 0. The Kier molecular flexibility index (Phi) is 3.45. The van der Waals surface area contributed by atoms with Crippen LogP contribution < -0.4 is 0 Å². The van der Waals surface area contributed by atoms with Gasteiger partial charge in [0.2, 0.25) is 0 Å². The molecular formula is C15H11F2N3O. The molecule has 1 N–H and O–H groups in total. The minimum atomic E-state index is -0.699. The van der Waals surface area contributed by atoms with E-state index in [0.29, 0.717) is 11.4 Å². The van der Waals surface area contributed by atoms with Gasteiger partial charge in [-0.15, -0.1) is 5.10 Å². The second-order valence-corrected chi connectivity index (χ2v) is 4.45. The maximum absolute atomic E-state index is 13.4. The Bertz CT molecular complexity index is 752. The number of benzene rings is 2. The standard InChI is InChI=1S/C15H11F2N3O/c16-11-6-10(7-12(17)8-11)15-14(9-21)18-19-20(15)13-4-2-1-3-5-13/h1-8,21H,9H2. The van der Waals surface area contributed by atoms with Crippen molar-refractivity contribution in [2.75, 3.05) is 0 Å². The maximum Gasteiger partial charge on any atom is 0.126 e. The molecule has 21 heavy (non-hydrogen) atoms. The van der Waals surface area contributed by atoms with Gasteiger partial charge in [-0.05, 0) is 24.3 Å². The van der Waals surface area contributed by atoms with E-state index in [-0.39, 0.29) is 17.9 Å². The summed E-state index contributed by atoms with van der Waals surface area (Å²) in [5.74, 6) is -1.40. The third kappa shape index (κ3) is 2.53. The summed E-state index contributed by atoms with van der Waals surface area (Å²) in [7, 11) is 0.